The second-order valence-electron chi connectivity index (χ2n) is 6.27. The first-order valence-corrected chi connectivity index (χ1v) is 7.85. The highest BCUT2D eigenvalue weighted by Gasteiger charge is 2.30. The molecule has 1 atom stereocenters. The van der Waals surface area contributed by atoms with Gasteiger partial charge in [0.15, 0.2) is 0 Å². The fraction of sp³-hybridized carbons (Fsp3) is 0.733. The Bertz CT molecular complexity index is 459. The zero-order valence-electron chi connectivity index (χ0n) is 12.3. The van der Waals surface area contributed by atoms with Crippen molar-refractivity contribution in [1.29, 1.82) is 0 Å². The molecule has 0 bridgehead atoms. The Hall–Kier alpha value is -0.900. The van der Waals surface area contributed by atoms with Gasteiger partial charge in [0, 0.05) is 4.88 Å². The minimum absolute atomic E-state index is 0.166. The SMILES string of the molecule is CCOC(=O)Cc1nc2c(s1)CC(C(C)(C)C)CC2. The standard InChI is InChI=1S/C15H23NO2S/c1-5-18-14(17)9-13-16-11-7-6-10(15(2,3)4)8-12(11)19-13/h10H,5-9H2,1-4H3. The summed E-state index contributed by atoms with van der Waals surface area (Å²) in [7, 11) is 0. The van der Waals surface area contributed by atoms with E-state index in [1.165, 1.54) is 17.0 Å². The molecule has 1 aromatic heterocycles. The van der Waals surface area contributed by atoms with Gasteiger partial charge in [0.1, 0.15) is 5.01 Å². The van der Waals surface area contributed by atoms with Gasteiger partial charge in [0.05, 0.1) is 18.7 Å². The van der Waals surface area contributed by atoms with Crippen molar-refractivity contribution in [2.24, 2.45) is 11.3 Å². The van der Waals surface area contributed by atoms with Crippen LogP contribution in [0.3, 0.4) is 0 Å². The Kier molecular flexibility index (Phi) is 4.29. The first-order chi connectivity index (χ1) is 8.90. The van der Waals surface area contributed by atoms with Crippen molar-refractivity contribution >= 4 is 17.3 Å². The molecule has 3 nitrogen and oxygen atoms in total. The quantitative estimate of drug-likeness (QED) is 0.797. The summed E-state index contributed by atoms with van der Waals surface area (Å²) in [6.07, 6.45) is 3.70. The minimum atomic E-state index is -0.166. The van der Waals surface area contributed by atoms with E-state index >= 15 is 0 Å². The molecule has 0 N–H and O–H groups in total. The van der Waals surface area contributed by atoms with Gasteiger partial charge < -0.3 is 4.74 Å². The summed E-state index contributed by atoms with van der Waals surface area (Å²) in [5.41, 5.74) is 1.56. The molecule has 0 fully saturated rings. The molecule has 0 radical (unpaired) electrons. The minimum Gasteiger partial charge on any atom is -0.466 e. The molecule has 106 valence electrons. The topological polar surface area (TPSA) is 39.2 Å². The molecule has 1 aromatic rings. The van der Waals surface area contributed by atoms with Gasteiger partial charge >= 0.3 is 5.97 Å². The van der Waals surface area contributed by atoms with E-state index in [-0.39, 0.29) is 5.97 Å². The molecule has 4 heteroatoms. The predicted molar refractivity (Wildman–Crippen MR) is 77.4 cm³/mol. The fourth-order valence-corrected chi connectivity index (χ4v) is 3.76. The fourth-order valence-electron chi connectivity index (χ4n) is 2.58. The normalized spacial score (nSPS) is 19.1. The van der Waals surface area contributed by atoms with Crippen molar-refractivity contribution in [2.75, 3.05) is 6.61 Å². The second kappa shape index (κ2) is 5.61. The van der Waals surface area contributed by atoms with Crippen molar-refractivity contribution in [2.45, 2.75) is 53.4 Å². The van der Waals surface area contributed by atoms with Crippen molar-refractivity contribution in [1.82, 2.24) is 4.98 Å². The summed E-state index contributed by atoms with van der Waals surface area (Å²) < 4.78 is 4.98. The van der Waals surface area contributed by atoms with Crippen LogP contribution in [0.4, 0.5) is 0 Å². The van der Waals surface area contributed by atoms with Crippen LogP contribution in [0.25, 0.3) is 0 Å². The van der Waals surface area contributed by atoms with Gasteiger partial charge in [-0.1, -0.05) is 20.8 Å². The third-order valence-corrected chi connectivity index (χ3v) is 4.93. The van der Waals surface area contributed by atoms with Crippen LogP contribution < -0.4 is 0 Å². The first-order valence-electron chi connectivity index (χ1n) is 7.03. The number of carbonyl (C=O) groups excluding carboxylic acids is 1. The number of aryl methyl sites for hydroxylation is 1. The van der Waals surface area contributed by atoms with E-state index in [9.17, 15) is 4.79 Å². The number of hydrogen-bond acceptors (Lipinski definition) is 4. The molecule has 0 aromatic carbocycles. The van der Waals surface area contributed by atoms with Crippen molar-refractivity contribution < 1.29 is 9.53 Å². The van der Waals surface area contributed by atoms with Crippen molar-refractivity contribution in [3.8, 4) is 0 Å². The molecule has 0 spiro atoms. The molecule has 0 amide bonds. The van der Waals surface area contributed by atoms with Crippen molar-refractivity contribution in [3.05, 3.63) is 15.6 Å². The number of ether oxygens (including phenoxy) is 1. The molecule has 1 heterocycles. The van der Waals surface area contributed by atoms with Crippen LogP contribution >= 0.6 is 11.3 Å². The van der Waals surface area contributed by atoms with Crippen molar-refractivity contribution in [3.63, 3.8) is 0 Å². The Morgan fingerprint density at radius 2 is 2.21 bits per heavy atom. The van der Waals surface area contributed by atoms with E-state index < -0.39 is 0 Å². The maximum absolute atomic E-state index is 11.5. The molecule has 0 saturated carbocycles. The van der Waals surface area contributed by atoms with E-state index in [2.05, 4.69) is 25.8 Å². The summed E-state index contributed by atoms with van der Waals surface area (Å²) in [6.45, 7) is 9.20. The number of esters is 1. The zero-order chi connectivity index (χ0) is 14.0. The summed E-state index contributed by atoms with van der Waals surface area (Å²) in [6, 6.07) is 0. The van der Waals surface area contributed by atoms with Gasteiger partial charge in [-0.25, -0.2) is 4.98 Å². The van der Waals surface area contributed by atoms with E-state index in [0.717, 1.165) is 23.8 Å². The Labute approximate surface area is 119 Å². The van der Waals surface area contributed by atoms with Crippen LogP contribution in [-0.4, -0.2) is 17.6 Å². The zero-order valence-corrected chi connectivity index (χ0v) is 13.1. The van der Waals surface area contributed by atoms with Crippen LogP contribution in [0.5, 0.6) is 0 Å². The lowest BCUT2D eigenvalue weighted by Gasteiger charge is -2.33. The second-order valence-corrected chi connectivity index (χ2v) is 7.43. The lowest BCUT2D eigenvalue weighted by Crippen LogP contribution is -2.26. The van der Waals surface area contributed by atoms with E-state index in [1.807, 2.05) is 6.92 Å². The molecule has 1 unspecified atom stereocenters. The van der Waals surface area contributed by atoms with Crippen LogP contribution in [0.15, 0.2) is 0 Å². The summed E-state index contributed by atoms with van der Waals surface area (Å²) in [4.78, 5) is 17.5. The van der Waals surface area contributed by atoms with Crippen LogP contribution in [0, 0.1) is 11.3 Å². The van der Waals surface area contributed by atoms with Gasteiger partial charge in [-0.3, -0.25) is 4.79 Å². The van der Waals surface area contributed by atoms with E-state index in [1.54, 1.807) is 11.3 Å². The number of aromatic nitrogens is 1. The lowest BCUT2D eigenvalue weighted by molar-refractivity contribution is -0.142. The summed E-state index contributed by atoms with van der Waals surface area (Å²) >= 11 is 1.70. The van der Waals surface area contributed by atoms with E-state index in [4.69, 9.17) is 4.74 Å². The van der Waals surface area contributed by atoms with Crippen LogP contribution in [-0.2, 0) is 28.8 Å². The molecule has 19 heavy (non-hydrogen) atoms. The molecule has 1 aliphatic carbocycles. The highest BCUT2D eigenvalue weighted by atomic mass is 32.1. The maximum Gasteiger partial charge on any atom is 0.312 e. The molecule has 1 aliphatic rings. The molecule has 0 saturated heterocycles. The predicted octanol–water partition coefficient (Wildman–Crippen LogP) is 3.40. The third-order valence-electron chi connectivity index (χ3n) is 3.81. The highest BCUT2D eigenvalue weighted by molar-refractivity contribution is 7.11. The average molecular weight is 281 g/mol. The summed E-state index contributed by atoms with van der Waals surface area (Å²) in [5, 5.41) is 0.915. The first kappa shape index (κ1) is 14.5. The molecular weight excluding hydrogens is 258 g/mol. The maximum atomic E-state index is 11.5. The number of rotatable bonds is 3. The number of hydrogen-bond donors (Lipinski definition) is 0. The smallest absolute Gasteiger partial charge is 0.312 e. The van der Waals surface area contributed by atoms with Crippen LogP contribution in [0.1, 0.15) is 49.7 Å². The third kappa shape index (κ3) is 3.56. The molecule has 2 rings (SSSR count). The van der Waals surface area contributed by atoms with Gasteiger partial charge in [0.2, 0.25) is 0 Å². The number of carbonyl (C=O) groups is 1. The van der Waals surface area contributed by atoms with Crippen LogP contribution in [0.2, 0.25) is 0 Å². The molecular formula is C15H23NO2S. The summed E-state index contributed by atoms with van der Waals surface area (Å²) in [5.74, 6) is 0.553. The number of nitrogens with zero attached hydrogens (tertiary/aromatic N) is 1. The van der Waals surface area contributed by atoms with Gasteiger partial charge in [0.25, 0.3) is 0 Å². The number of fused-ring (bicyclic) bond motifs is 1. The average Bonchev–Trinajstić information content (AvgIpc) is 2.68. The molecule has 0 aliphatic heterocycles. The van der Waals surface area contributed by atoms with Gasteiger partial charge in [-0.05, 0) is 37.5 Å². The Balaban J connectivity index is 2.06. The van der Waals surface area contributed by atoms with E-state index in [0.29, 0.717) is 18.4 Å². The van der Waals surface area contributed by atoms with Gasteiger partial charge in [-0.2, -0.15) is 0 Å². The number of thiazole rings is 1. The Morgan fingerprint density at radius 1 is 1.47 bits per heavy atom. The largest absolute Gasteiger partial charge is 0.466 e. The lowest BCUT2D eigenvalue weighted by atomic mass is 9.73. The monoisotopic (exact) mass is 281 g/mol. The highest BCUT2D eigenvalue weighted by Crippen LogP contribution is 2.39. The van der Waals surface area contributed by atoms with Gasteiger partial charge in [-0.15, -0.1) is 11.3 Å². The Morgan fingerprint density at radius 3 is 2.84 bits per heavy atom.